The molecule has 1 heterocycles. The minimum Gasteiger partial charge on any atom is -0.444 e. The van der Waals surface area contributed by atoms with Crippen molar-refractivity contribution in [1.82, 2.24) is 20.7 Å². The zero-order chi connectivity index (χ0) is 20.4. The number of amides is 1. The third-order valence-corrected chi connectivity index (χ3v) is 3.79. The first-order chi connectivity index (χ1) is 12.7. The standard InChI is InChI=1S/C19H35N5O3.HI/c1-8-15-14(16(9-2)27-23-15)13-22-17(20-10-3)21-11-12-24(7)18(25)26-19(4,5)6;/h8-13H2,1-7H3,(H2,20,21,22);1H. The van der Waals surface area contributed by atoms with Gasteiger partial charge in [0.05, 0.1) is 12.2 Å². The van der Waals surface area contributed by atoms with Crippen molar-refractivity contribution in [2.24, 2.45) is 4.99 Å². The molecular formula is C19H36IN5O3. The highest BCUT2D eigenvalue weighted by Crippen LogP contribution is 2.16. The number of rotatable bonds is 8. The topological polar surface area (TPSA) is 92.0 Å². The summed E-state index contributed by atoms with van der Waals surface area (Å²) in [7, 11) is 1.72. The van der Waals surface area contributed by atoms with Gasteiger partial charge in [-0.2, -0.15) is 0 Å². The Labute approximate surface area is 185 Å². The predicted molar refractivity (Wildman–Crippen MR) is 122 cm³/mol. The molecule has 0 unspecified atom stereocenters. The van der Waals surface area contributed by atoms with E-state index in [1.807, 2.05) is 34.6 Å². The fourth-order valence-corrected chi connectivity index (χ4v) is 2.39. The van der Waals surface area contributed by atoms with E-state index in [2.05, 4.69) is 27.7 Å². The van der Waals surface area contributed by atoms with E-state index in [1.54, 1.807) is 11.9 Å². The normalized spacial score (nSPS) is 11.6. The highest BCUT2D eigenvalue weighted by molar-refractivity contribution is 14.0. The third kappa shape index (κ3) is 9.11. The summed E-state index contributed by atoms with van der Waals surface area (Å²) in [6.07, 6.45) is 1.28. The lowest BCUT2D eigenvalue weighted by atomic mass is 10.1. The quantitative estimate of drug-likeness (QED) is 0.317. The molecule has 1 aromatic rings. The van der Waals surface area contributed by atoms with Crippen LogP contribution in [0.25, 0.3) is 0 Å². The second-order valence-corrected chi connectivity index (χ2v) is 7.26. The van der Waals surface area contributed by atoms with Gasteiger partial charge in [-0.1, -0.05) is 19.0 Å². The molecule has 0 radical (unpaired) electrons. The molecule has 1 amide bonds. The summed E-state index contributed by atoms with van der Waals surface area (Å²) in [6, 6.07) is 0. The summed E-state index contributed by atoms with van der Waals surface area (Å²) in [5.74, 6) is 1.58. The molecule has 0 aliphatic carbocycles. The van der Waals surface area contributed by atoms with Gasteiger partial charge in [0, 0.05) is 38.7 Å². The summed E-state index contributed by atoms with van der Waals surface area (Å²) in [5.41, 5.74) is 1.51. The molecule has 162 valence electrons. The van der Waals surface area contributed by atoms with E-state index in [4.69, 9.17) is 9.26 Å². The summed E-state index contributed by atoms with van der Waals surface area (Å²) in [5, 5.41) is 10.6. The van der Waals surface area contributed by atoms with Crippen molar-refractivity contribution in [3.05, 3.63) is 17.0 Å². The van der Waals surface area contributed by atoms with Gasteiger partial charge in [0.1, 0.15) is 11.4 Å². The smallest absolute Gasteiger partial charge is 0.410 e. The molecule has 28 heavy (non-hydrogen) atoms. The van der Waals surface area contributed by atoms with Crippen molar-refractivity contribution in [2.75, 3.05) is 26.7 Å². The number of guanidine groups is 1. The van der Waals surface area contributed by atoms with E-state index in [0.717, 1.165) is 36.4 Å². The van der Waals surface area contributed by atoms with Gasteiger partial charge >= 0.3 is 6.09 Å². The molecule has 0 atom stereocenters. The number of carbonyl (C=O) groups excluding carboxylic acids is 1. The Morgan fingerprint density at radius 2 is 1.89 bits per heavy atom. The summed E-state index contributed by atoms with van der Waals surface area (Å²) < 4.78 is 10.7. The number of carbonyl (C=O) groups is 1. The fraction of sp³-hybridized carbons (Fsp3) is 0.737. The van der Waals surface area contributed by atoms with E-state index in [1.165, 1.54) is 0 Å². The number of likely N-dealkylation sites (N-methyl/N-ethyl adjacent to an activating group) is 1. The van der Waals surface area contributed by atoms with Gasteiger partial charge in [-0.15, -0.1) is 24.0 Å². The fourth-order valence-electron chi connectivity index (χ4n) is 2.39. The Morgan fingerprint density at radius 1 is 1.21 bits per heavy atom. The van der Waals surface area contributed by atoms with Crippen molar-refractivity contribution >= 4 is 36.0 Å². The van der Waals surface area contributed by atoms with Crippen molar-refractivity contribution in [1.29, 1.82) is 0 Å². The first kappa shape index (κ1) is 26.5. The summed E-state index contributed by atoms with van der Waals surface area (Å²) >= 11 is 0. The molecule has 2 N–H and O–H groups in total. The molecule has 0 bridgehead atoms. The largest absolute Gasteiger partial charge is 0.444 e. The van der Waals surface area contributed by atoms with Gasteiger partial charge < -0.3 is 24.8 Å². The SMILES string of the molecule is CCNC(=NCc1c(CC)noc1CC)NCCN(C)C(=O)OC(C)(C)C.I. The number of aliphatic imine (C=N–C) groups is 1. The van der Waals surface area contributed by atoms with E-state index in [-0.39, 0.29) is 30.1 Å². The first-order valence-electron chi connectivity index (χ1n) is 9.64. The Bertz CT molecular complexity index is 604. The number of nitrogens with zero attached hydrogens (tertiary/aromatic N) is 3. The Morgan fingerprint density at radius 3 is 2.43 bits per heavy atom. The zero-order valence-electron chi connectivity index (χ0n) is 18.2. The van der Waals surface area contributed by atoms with Crippen LogP contribution in [0.5, 0.6) is 0 Å². The lowest BCUT2D eigenvalue weighted by Crippen LogP contribution is -2.43. The van der Waals surface area contributed by atoms with Crippen LogP contribution in [0.4, 0.5) is 4.79 Å². The number of halogens is 1. The maximum atomic E-state index is 12.0. The number of ether oxygens (including phenoxy) is 1. The van der Waals surface area contributed by atoms with Crippen LogP contribution in [-0.4, -0.2) is 54.4 Å². The predicted octanol–water partition coefficient (Wildman–Crippen LogP) is 3.34. The monoisotopic (exact) mass is 509 g/mol. The Kier molecular flexibility index (Phi) is 12.1. The van der Waals surface area contributed by atoms with Crippen LogP contribution in [-0.2, 0) is 24.1 Å². The van der Waals surface area contributed by atoms with Gasteiger partial charge in [-0.25, -0.2) is 9.79 Å². The van der Waals surface area contributed by atoms with Crippen molar-refractivity contribution in [3.8, 4) is 0 Å². The van der Waals surface area contributed by atoms with Gasteiger partial charge in [0.15, 0.2) is 5.96 Å². The van der Waals surface area contributed by atoms with E-state index in [9.17, 15) is 4.79 Å². The van der Waals surface area contributed by atoms with Gasteiger partial charge in [-0.05, 0) is 34.1 Å². The molecule has 8 nitrogen and oxygen atoms in total. The Hall–Kier alpha value is -1.52. The lowest BCUT2D eigenvalue weighted by molar-refractivity contribution is 0.0302. The molecule has 0 fully saturated rings. The van der Waals surface area contributed by atoms with Gasteiger partial charge in [-0.3, -0.25) is 0 Å². The number of hydrogen-bond donors (Lipinski definition) is 2. The van der Waals surface area contributed by atoms with E-state index < -0.39 is 5.60 Å². The second-order valence-electron chi connectivity index (χ2n) is 7.26. The average Bonchev–Trinajstić information content (AvgIpc) is 2.99. The van der Waals surface area contributed by atoms with Crippen LogP contribution in [0.15, 0.2) is 9.52 Å². The number of aryl methyl sites for hydroxylation is 2. The van der Waals surface area contributed by atoms with Crippen molar-refractivity contribution in [3.63, 3.8) is 0 Å². The molecule has 1 aromatic heterocycles. The molecule has 0 spiro atoms. The Balaban J connectivity index is 0.00000729. The average molecular weight is 509 g/mol. The zero-order valence-corrected chi connectivity index (χ0v) is 20.5. The van der Waals surface area contributed by atoms with Crippen molar-refractivity contribution in [2.45, 2.75) is 66.5 Å². The maximum Gasteiger partial charge on any atom is 0.410 e. The van der Waals surface area contributed by atoms with Gasteiger partial charge in [0.2, 0.25) is 0 Å². The van der Waals surface area contributed by atoms with Crippen LogP contribution in [0, 0.1) is 0 Å². The molecule has 0 saturated carbocycles. The highest BCUT2D eigenvalue weighted by atomic mass is 127. The number of hydrogen-bond acceptors (Lipinski definition) is 5. The van der Waals surface area contributed by atoms with Crippen LogP contribution in [0.2, 0.25) is 0 Å². The van der Waals surface area contributed by atoms with Crippen LogP contribution in [0.3, 0.4) is 0 Å². The second kappa shape index (κ2) is 12.8. The minimum absolute atomic E-state index is 0. The lowest BCUT2D eigenvalue weighted by Gasteiger charge is -2.24. The summed E-state index contributed by atoms with van der Waals surface area (Å²) in [4.78, 5) is 18.2. The molecule has 0 aliphatic heterocycles. The number of aromatic nitrogens is 1. The minimum atomic E-state index is -0.498. The van der Waals surface area contributed by atoms with E-state index in [0.29, 0.717) is 25.6 Å². The van der Waals surface area contributed by atoms with Crippen LogP contribution >= 0.6 is 24.0 Å². The summed E-state index contributed by atoms with van der Waals surface area (Å²) in [6.45, 7) is 14.0. The van der Waals surface area contributed by atoms with E-state index >= 15 is 0 Å². The molecule has 0 aromatic carbocycles. The molecule has 0 saturated heterocycles. The number of nitrogens with one attached hydrogen (secondary N) is 2. The van der Waals surface area contributed by atoms with Crippen molar-refractivity contribution < 1.29 is 14.1 Å². The first-order valence-corrected chi connectivity index (χ1v) is 9.64. The third-order valence-electron chi connectivity index (χ3n) is 3.79. The molecule has 0 aliphatic rings. The molecule has 1 rings (SSSR count). The maximum absolute atomic E-state index is 12.0. The van der Waals surface area contributed by atoms with Crippen LogP contribution in [0.1, 0.15) is 58.6 Å². The van der Waals surface area contributed by atoms with Crippen LogP contribution < -0.4 is 10.6 Å². The molecular weight excluding hydrogens is 473 g/mol. The van der Waals surface area contributed by atoms with Gasteiger partial charge in [0.25, 0.3) is 0 Å². The highest BCUT2D eigenvalue weighted by Gasteiger charge is 2.19. The molecule has 9 heteroatoms.